The Kier molecular flexibility index (Phi) is 4.35. The Bertz CT molecular complexity index is 807. The summed E-state index contributed by atoms with van der Waals surface area (Å²) in [7, 11) is 0. The molecule has 0 saturated heterocycles. The standard InChI is InChI=1S/C19H20N2O4/c1-19(2,3)14-7-4-12(5-8-14)17(22)20-21-18(23)13-6-9-15-16(10-13)25-11-24-15/h4-10H,11H2,1-3H3,(H,20,22)(H,21,23). The van der Waals surface area contributed by atoms with Crippen molar-refractivity contribution < 1.29 is 19.1 Å². The molecule has 2 N–H and O–H groups in total. The minimum absolute atomic E-state index is 0.0164. The number of benzene rings is 2. The van der Waals surface area contributed by atoms with Gasteiger partial charge in [0.05, 0.1) is 0 Å². The lowest BCUT2D eigenvalue weighted by molar-refractivity contribution is 0.0846. The number of carbonyl (C=O) groups is 2. The highest BCUT2D eigenvalue weighted by Gasteiger charge is 2.17. The molecule has 0 radical (unpaired) electrons. The van der Waals surface area contributed by atoms with Crippen molar-refractivity contribution >= 4 is 11.8 Å². The summed E-state index contributed by atoms with van der Waals surface area (Å²) < 4.78 is 10.4. The van der Waals surface area contributed by atoms with Gasteiger partial charge in [0.1, 0.15) is 0 Å². The summed E-state index contributed by atoms with van der Waals surface area (Å²) in [6.45, 7) is 6.46. The third kappa shape index (κ3) is 3.74. The summed E-state index contributed by atoms with van der Waals surface area (Å²) in [6.07, 6.45) is 0. The first-order valence-electron chi connectivity index (χ1n) is 7.95. The Morgan fingerprint density at radius 3 is 2.04 bits per heavy atom. The third-order valence-electron chi connectivity index (χ3n) is 3.94. The van der Waals surface area contributed by atoms with E-state index in [-0.39, 0.29) is 18.1 Å². The molecule has 1 aliphatic heterocycles. The summed E-state index contributed by atoms with van der Waals surface area (Å²) >= 11 is 0. The second-order valence-electron chi connectivity index (χ2n) is 6.80. The van der Waals surface area contributed by atoms with Gasteiger partial charge in [0.25, 0.3) is 11.8 Å². The molecule has 0 fully saturated rings. The molecule has 0 atom stereocenters. The van der Waals surface area contributed by atoms with Gasteiger partial charge in [0.2, 0.25) is 6.79 Å². The van der Waals surface area contributed by atoms with E-state index < -0.39 is 5.91 Å². The second kappa shape index (κ2) is 6.47. The van der Waals surface area contributed by atoms with Crippen LogP contribution in [-0.2, 0) is 5.41 Å². The maximum atomic E-state index is 12.2. The number of hydrogen-bond acceptors (Lipinski definition) is 4. The number of hydrazine groups is 1. The molecule has 0 bridgehead atoms. The number of hydrogen-bond donors (Lipinski definition) is 2. The first-order chi connectivity index (χ1) is 11.8. The molecule has 0 unspecified atom stereocenters. The van der Waals surface area contributed by atoms with Crippen LogP contribution in [0.4, 0.5) is 0 Å². The van der Waals surface area contributed by atoms with Crippen LogP contribution in [0.15, 0.2) is 42.5 Å². The van der Waals surface area contributed by atoms with Crippen molar-refractivity contribution in [3.63, 3.8) is 0 Å². The molecule has 6 heteroatoms. The van der Waals surface area contributed by atoms with E-state index in [9.17, 15) is 9.59 Å². The van der Waals surface area contributed by atoms with Crippen LogP contribution in [0.5, 0.6) is 11.5 Å². The molecule has 25 heavy (non-hydrogen) atoms. The van der Waals surface area contributed by atoms with Gasteiger partial charge in [-0.25, -0.2) is 0 Å². The van der Waals surface area contributed by atoms with E-state index in [4.69, 9.17) is 9.47 Å². The predicted molar refractivity (Wildman–Crippen MR) is 92.6 cm³/mol. The van der Waals surface area contributed by atoms with E-state index in [2.05, 4.69) is 31.6 Å². The van der Waals surface area contributed by atoms with Crippen LogP contribution in [0, 0.1) is 0 Å². The Morgan fingerprint density at radius 2 is 1.40 bits per heavy atom. The highest BCUT2D eigenvalue weighted by Crippen LogP contribution is 2.32. The zero-order chi connectivity index (χ0) is 18.0. The van der Waals surface area contributed by atoms with E-state index in [1.54, 1.807) is 30.3 Å². The topological polar surface area (TPSA) is 76.7 Å². The molecule has 130 valence electrons. The predicted octanol–water partition coefficient (Wildman–Crippen LogP) is 2.79. The summed E-state index contributed by atoms with van der Waals surface area (Å²) in [4.78, 5) is 24.3. The van der Waals surface area contributed by atoms with Crippen LogP contribution in [-0.4, -0.2) is 18.6 Å². The van der Waals surface area contributed by atoms with Crippen molar-refractivity contribution in [1.82, 2.24) is 10.9 Å². The molecular formula is C19H20N2O4. The van der Waals surface area contributed by atoms with Crippen molar-refractivity contribution in [1.29, 1.82) is 0 Å². The summed E-state index contributed by atoms with van der Waals surface area (Å²) in [5.41, 5.74) is 6.80. The van der Waals surface area contributed by atoms with Crippen molar-refractivity contribution in [3.05, 3.63) is 59.2 Å². The van der Waals surface area contributed by atoms with Gasteiger partial charge in [-0.15, -0.1) is 0 Å². The maximum Gasteiger partial charge on any atom is 0.269 e. The number of amides is 2. The van der Waals surface area contributed by atoms with Crippen molar-refractivity contribution in [2.24, 2.45) is 0 Å². The average molecular weight is 340 g/mol. The fraction of sp³-hybridized carbons (Fsp3) is 0.263. The average Bonchev–Trinajstić information content (AvgIpc) is 3.06. The highest BCUT2D eigenvalue weighted by atomic mass is 16.7. The number of carbonyl (C=O) groups excluding carboxylic acids is 2. The van der Waals surface area contributed by atoms with Gasteiger partial charge in [-0.05, 0) is 41.3 Å². The summed E-state index contributed by atoms with van der Waals surface area (Å²) in [6, 6.07) is 12.1. The van der Waals surface area contributed by atoms with Gasteiger partial charge in [-0.2, -0.15) is 0 Å². The van der Waals surface area contributed by atoms with Crippen LogP contribution < -0.4 is 20.3 Å². The molecule has 1 aliphatic rings. The number of ether oxygens (including phenoxy) is 2. The Labute approximate surface area is 146 Å². The van der Waals surface area contributed by atoms with E-state index in [0.717, 1.165) is 5.56 Å². The lowest BCUT2D eigenvalue weighted by Gasteiger charge is -2.19. The minimum Gasteiger partial charge on any atom is -0.454 e. The Hall–Kier alpha value is -3.02. The highest BCUT2D eigenvalue weighted by molar-refractivity contribution is 5.99. The molecule has 0 aliphatic carbocycles. The van der Waals surface area contributed by atoms with E-state index >= 15 is 0 Å². The van der Waals surface area contributed by atoms with Crippen molar-refractivity contribution in [3.8, 4) is 11.5 Å². The fourth-order valence-corrected chi connectivity index (χ4v) is 2.42. The smallest absolute Gasteiger partial charge is 0.269 e. The lowest BCUT2D eigenvalue weighted by atomic mass is 9.87. The Morgan fingerprint density at radius 1 is 0.840 bits per heavy atom. The quantitative estimate of drug-likeness (QED) is 0.824. The fourth-order valence-electron chi connectivity index (χ4n) is 2.42. The zero-order valence-corrected chi connectivity index (χ0v) is 14.4. The molecule has 6 nitrogen and oxygen atoms in total. The van der Waals surface area contributed by atoms with Crippen LogP contribution in [0.1, 0.15) is 47.1 Å². The normalized spacial score (nSPS) is 12.6. The molecule has 1 heterocycles. The van der Waals surface area contributed by atoms with Crippen LogP contribution in [0.2, 0.25) is 0 Å². The molecule has 2 aromatic carbocycles. The van der Waals surface area contributed by atoms with Gasteiger partial charge in [-0.3, -0.25) is 20.4 Å². The zero-order valence-electron chi connectivity index (χ0n) is 14.4. The Balaban J connectivity index is 1.61. The van der Waals surface area contributed by atoms with Gasteiger partial charge >= 0.3 is 0 Å². The van der Waals surface area contributed by atoms with Gasteiger partial charge in [0, 0.05) is 11.1 Å². The largest absolute Gasteiger partial charge is 0.454 e. The van der Waals surface area contributed by atoms with Crippen LogP contribution >= 0.6 is 0 Å². The van der Waals surface area contributed by atoms with E-state index in [1.165, 1.54) is 0 Å². The van der Waals surface area contributed by atoms with Gasteiger partial charge < -0.3 is 9.47 Å². The second-order valence-corrected chi connectivity index (χ2v) is 6.80. The number of rotatable bonds is 2. The summed E-state index contributed by atoms with van der Waals surface area (Å²) in [5.74, 6) is 0.295. The van der Waals surface area contributed by atoms with Gasteiger partial charge in [-0.1, -0.05) is 32.9 Å². The molecule has 0 saturated carbocycles. The maximum absolute atomic E-state index is 12.2. The van der Waals surface area contributed by atoms with E-state index in [1.807, 2.05) is 12.1 Å². The van der Waals surface area contributed by atoms with Crippen molar-refractivity contribution in [2.45, 2.75) is 26.2 Å². The SMILES string of the molecule is CC(C)(C)c1ccc(C(=O)NNC(=O)c2ccc3c(c2)OCO3)cc1. The number of fused-ring (bicyclic) bond motifs is 1. The number of nitrogens with one attached hydrogen (secondary N) is 2. The molecular weight excluding hydrogens is 320 g/mol. The molecule has 0 aromatic heterocycles. The van der Waals surface area contributed by atoms with E-state index in [0.29, 0.717) is 22.6 Å². The van der Waals surface area contributed by atoms with Crippen molar-refractivity contribution in [2.75, 3.05) is 6.79 Å². The van der Waals surface area contributed by atoms with Crippen LogP contribution in [0.25, 0.3) is 0 Å². The lowest BCUT2D eigenvalue weighted by Crippen LogP contribution is -2.41. The third-order valence-corrected chi connectivity index (χ3v) is 3.94. The monoisotopic (exact) mass is 340 g/mol. The first kappa shape index (κ1) is 16.8. The molecule has 2 aromatic rings. The summed E-state index contributed by atoms with van der Waals surface area (Å²) in [5, 5.41) is 0. The molecule has 3 rings (SSSR count). The first-order valence-corrected chi connectivity index (χ1v) is 7.95. The van der Waals surface area contributed by atoms with Gasteiger partial charge in [0.15, 0.2) is 11.5 Å². The molecule has 2 amide bonds. The molecule has 0 spiro atoms. The minimum atomic E-state index is -0.432. The van der Waals surface area contributed by atoms with Crippen LogP contribution in [0.3, 0.4) is 0 Å².